The van der Waals surface area contributed by atoms with E-state index in [1.165, 1.54) is 0 Å². The summed E-state index contributed by atoms with van der Waals surface area (Å²) in [4.78, 5) is 11.5. The van der Waals surface area contributed by atoms with Gasteiger partial charge in [0.15, 0.2) is 26.2 Å². The van der Waals surface area contributed by atoms with Crippen molar-refractivity contribution in [2.24, 2.45) is 0 Å². The third-order valence-electron chi connectivity index (χ3n) is 5.26. The topological polar surface area (TPSA) is 63.2 Å². The summed E-state index contributed by atoms with van der Waals surface area (Å²) >= 11 is 0. The van der Waals surface area contributed by atoms with Gasteiger partial charge < -0.3 is 28.2 Å². The van der Waals surface area contributed by atoms with E-state index in [9.17, 15) is 4.79 Å². The van der Waals surface area contributed by atoms with E-state index in [0.29, 0.717) is 6.61 Å². The third-order valence-corrected chi connectivity index (χ3v) is 9.76. The largest absolute Gasteiger partial charge is 0.414 e. The van der Waals surface area contributed by atoms with Crippen LogP contribution in [0.3, 0.4) is 0 Å². The number of carbonyl (C=O) groups is 1. The molecule has 0 aromatic carbocycles. The molecule has 0 saturated carbocycles. The molecule has 2 aliphatic rings. The second-order valence-corrected chi connectivity index (χ2v) is 14.2. The number of ether oxygens (including phenoxy) is 4. The molecule has 7 heteroatoms. The Balaban J connectivity index is 2.14. The molecule has 4 atom stereocenters. The van der Waals surface area contributed by atoms with Crippen molar-refractivity contribution >= 4 is 14.6 Å². The zero-order chi connectivity index (χ0) is 19.3. The molecule has 6 nitrogen and oxygen atoms in total. The van der Waals surface area contributed by atoms with Crippen LogP contribution in [0.1, 0.15) is 48.5 Å². The molecule has 0 N–H and O–H groups in total. The quantitative estimate of drug-likeness (QED) is 0.544. The van der Waals surface area contributed by atoms with E-state index in [1.54, 1.807) is 13.8 Å². The van der Waals surface area contributed by atoms with Gasteiger partial charge in [-0.3, -0.25) is 0 Å². The summed E-state index contributed by atoms with van der Waals surface area (Å²) in [6.07, 6.45) is -1.14. The molecule has 2 aliphatic heterocycles. The Morgan fingerprint density at radius 1 is 0.960 bits per heavy atom. The number of hydrogen-bond donors (Lipinski definition) is 0. The van der Waals surface area contributed by atoms with Gasteiger partial charge in [-0.15, -0.1) is 0 Å². The van der Waals surface area contributed by atoms with Crippen LogP contribution in [0.4, 0.5) is 0 Å². The average molecular weight is 375 g/mol. The molecule has 0 spiro atoms. The van der Waals surface area contributed by atoms with E-state index in [2.05, 4.69) is 33.9 Å². The fourth-order valence-electron chi connectivity index (χ4n) is 2.95. The van der Waals surface area contributed by atoms with Crippen molar-refractivity contribution in [1.82, 2.24) is 0 Å². The van der Waals surface area contributed by atoms with Crippen LogP contribution in [0.15, 0.2) is 0 Å². The molecule has 0 aromatic rings. The average Bonchev–Trinajstić information content (AvgIpc) is 2.90. The van der Waals surface area contributed by atoms with Crippen molar-refractivity contribution in [3.63, 3.8) is 0 Å². The van der Waals surface area contributed by atoms with E-state index in [1.807, 2.05) is 13.8 Å². The fourth-order valence-corrected chi connectivity index (χ4v) is 3.97. The molecule has 0 unspecified atom stereocenters. The van der Waals surface area contributed by atoms with Gasteiger partial charge in [-0.2, -0.15) is 0 Å². The third kappa shape index (κ3) is 4.70. The van der Waals surface area contributed by atoms with Crippen LogP contribution in [0, 0.1) is 0 Å². The Bertz CT molecular complexity index is 496. The van der Waals surface area contributed by atoms with Gasteiger partial charge in [0.05, 0.1) is 6.61 Å². The summed E-state index contributed by atoms with van der Waals surface area (Å²) in [5, 5.41) is 0.109. The lowest BCUT2D eigenvalue weighted by Gasteiger charge is -2.37. The van der Waals surface area contributed by atoms with Gasteiger partial charge in [-0.25, -0.2) is 0 Å². The lowest BCUT2D eigenvalue weighted by atomic mass is 10.0. The van der Waals surface area contributed by atoms with Gasteiger partial charge in [0.2, 0.25) is 0 Å². The molecule has 0 radical (unpaired) electrons. The van der Waals surface area contributed by atoms with E-state index in [0.717, 1.165) is 6.29 Å². The van der Waals surface area contributed by atoms with Crippen LogP contribution in [0.5, 0.6) is 0 Å². The minimum atomic E-state index is -1.92. The first-order valence-corrected chi connectivity index (χ1v) is 11.9. The predicted octanol–water partition coefficient (Wildman–Crippen LogP) is 3.25. The van der Waals surface area contributed by atoms with Crippen molar-refractivity contribution in [2.75, 3.05) is 6.61 Å². The summed E-state index contributed by atoms with van der Waals surface area (Å²) in [6, 6.07) is 0. The monoisotopic (exact) mass is 374 g/mol. The van der Waals surface area contributed by atoms with E-state index < -0.39 is 38.2 Å². The Morgan fingerprint density at radius 3 is 2.00 bits per heavy atom. The Morgan fingerprint density at radius 2 is 1.48 bits per heavy atom. The summed E-state index contributed by atoms with van der Waals surface area (Å²) in [5.41, 5.74) is 0. The van der Waals surface area contributed by atoms with Crippen molar-refractivity contribution in [1.29, 1.82) is 0 Å². The van der Waals surface area contributed by atoms with Crippen LogP contribution in [0.25, 0.3) is 0 Å². The smallest absolute Gasteiger partial charge is 0.192 e. The summed E-state index contributed by atoms with van der Waals surface area (Å²) in [5.74, 6) is -1.58. The zero-order valence-electron chi connectivity index (χ0n) is 17.0. The van der Waals surface area contributed by atoms with E-state index >= 15 is 0 Å². The van der Waals surface area contributed by atoms with E-state index in [4.69, 9.17) is 23.4 Å². The number of aldehydes is 1. The number of hydrogen-bond acceptors (Lipinski definition) is 6. The highest BCUT2D eigenvalue weighted by Crippen LogP contribution is 2.40. The Labute approximate surface area is 152 Å². The van der Waals surface area contributed by atoms with Gasteiger partial charge in [0.1, 0.15) is 24.4 Å². The first kappa shape index (κ1) is 21.0. The van der Waals surface area contributed by atoms with Crippen LogP contribution in [-0.4, -0.2) is 57.2 Å². The molecule has 0 bridgehead atoms. The molecule has 0 amide bonds. The maximum absolute atomic E-state index is 11.5. The predicted molar refractivity (Wildman–Crippen MR) is 96.9 cm³/mol. The molecular weight excluding hydrogens is 340 g/mol. The van der Waals surface area contributed by atoms with Crippen molar-refractivity contribution in [3.8, 4) is 0 Å². The van der Waals surface area contributed by atoms with Crippen LogP contribution >= 0.6 is 0 Å². The molecule has 146 valence electrons. The van der Waals surface area contributed by atoms with Gasteiger partial charge in [0.25, 0.3) is 0 Å². The first-order valence-electron chi connectivity index (χ1n) is 8.98. The summed E-state index contributed by atoms with van der Waals surface area (Å²) in [6.45, 7) is 18.7. The highest BCUT2D eigenvalue weighted by atomic mass is 28.4. The number of carbonyl (C=O) groups excluding carboxylic acids is 1. The maximum Gasteiger partial charge on any atom is 0.192 e. The standard InChI is InChI=1S/C18H34O6Si/c1-16(2,3)25(8,9)20-11-13-15(24-18(6,7)22-13)14-12(10-19)21-17(4,5)23-14/h10,12-15H,11H2,1-9H3/t12-,13+,14+,15-/m0/s1. The van der Waals surface area contributed by atoms with Crippen LogP contribution in [-0.2, 0) is 28.2 Å². The van der Waals surface area contributed by atoms with Gasteiger partial charge in [-0.1, -0.05) is 20.8 Å². The van der Waals surface area contributed by atoms with Crippen molar-refractivity contribution < 1.29 is 28.2 Å². The minimum absolute atomic E-state index is 0.109. The zero-order valence-corrected chi connectivity index (χ0v) is 18.0. The summed E-state index contributed by atoms with van der Waals surface area (Å²) < 4.78 is 30.1. The minimum Gasteiger partial charge on any atom is -0.414 e. The number of rotatable bonds is 5. The molecule has 2 fully saturated rings. The summed E-state index contributed by atoms with van der Waals surface area (Å²) in [7, 11) is -1.92. The molecule has 25 heavy (non-hydrogen) atoms. The highest BCUT2D eigenvalue weighted by Gasteiger charge is 2.54. The molecular formula is C18H34O6Si. The highest BCUT2D eigenvalue weighted by molar-refractivity contribution is 6.74. The second-order valence-electron chi connectivity index (χ2n) is 9.41. The Kier molecular flexibility index (Phi) is 5.62. The normalized spacial score (nSPS) is 35.1. The first-order chi connectivity index (χ1) is 11.2. The lowest BCUT2D eigenvalue weighted by molar-refractivity contribution is -0.175. The Hall–Kier alpha value is -0.313. The fraction of sp³-hybridized carbons (Fsp3) is 0.944. The molecule has 0 aliphatic carbocycles. The maximum atomic E-state index is 11.5. The van der Waals surface area contributed by atoms with Crippen molar-refractivity contribution in [3.05, 3.63) is 0 Å². The van der Waals surface area contributed by atoms with E-state index in [-0.39, 0.29) is 11.1 Å². The molecule has 0 aromatic heterocycles. The van der Waals surface area contributed by atoms with Crippen molar-refractivity contribution in [2.45, 2.75) is 103 Å². The molecule has 2 rings (SSSR count). The van der Waals surface area contributed by atoms with Gasteiger partial charge in [0, 0.05) is 0 Å². The second kappa shape index (κ2) is 6.69. The van der Waals surface area contributed by atoms with Crippen LogP contribution in [0.2, 0.25) is 18.1 Å². The SMILES string of the molecule is CC1(C)O[C@@H]([C@H]2OC(C)(C)O[C@@H]2CO[Si](C)(C)C(C)(C)C)[C@H](C=O)O1. The van der Waals surface area contributed by atoms with Crippen LogP contribution < -0.4 is 0 Å². The molecule has 2 heterocycles. The molecule has 2 saturated heterocycles. The van der Waals surface area contributed by atoms with Gasteiger partial charge in [-0.05, 0) is 45.8 Å². The lowest BCUT2D eigenvalue weighted by Crippen LogP contribution is -2.47. The van der Waals surface area contributed by atoms with Gasteiger partial charge >= 0.3 is 0 Å².